The molecule has 0 bridgehead atoms. The number of piperazine rings is 1. The number of para-hydroxylation sites is 1. The lowest BCUT2D eigenvalue weighted by atomic mass is 10.1. The number of hydrogen-bond acceptors (Lipinski definition) is 3. The van der Waals surface area contributed by atoms with E-state index in [9.17, 15) is 4.79 Å². The van der Waals surface area contributed by atoms with Gasteiger partial charge in [0, 0.05) is 44.3 Å². The summed E-state index contributed by atoms with van der Waals surface area (Å²) >= 11 is 0. The average Bonchev–Trinajstić information content (AvgIpc) is 3.28. The van der Waals surface area contributed by atoms with E-state index in [1.165, 1.54) is 0 Å². The molecule has 0 spiro atoms. The van der Waals surface area contributed by atoms with Crippen molar-refractivity contribution in [1.29, 1.82) is 0 Å². The number of ether oxygens (including phenoxy) is 1. The predicted octanol–water partition coefficient (Wildman–Crippen LogP) is 3.45. The number of rotatable bonds is 4. The first-order chi connectivity index (χ1) is 13.3. The van der Waals surface area contributed by atoms with Crippen LogP contribution < -0.4 is 9.64 Å². The highest BCUT2D eigenvalue weighted by atomic mass is 16.5. The van der Waals surface area contributed by atoms with Gasteiger partial charge in [0.1, 0.15) is 5.75 Å². The van der Waals surface area contributed by atoms with Crippen LogP contribution in [0.2, 0.25) is 0 Å². The lowest BCUT2D eigenvalue weighted by Gasteiger charge is -2.36. The number of carbonyl (C=O) groups is 1. The first-order valence-electron chi connectivity index (χ1n) is 9.17. The number of benzene rings is 2. The van der Waals surface area contributed by atoms with Gasteiger partial charge in [-0.2, -0.15) is 0 Å². The largest absolute Gasteiger partial charge is 0.497 e. The maximum absolute atomic E-state index is 13.1. The average molecular weight is 361 g/mol. The third-order valence-electron chi connectivity index (χ3n) is 5.02. The van der Waals surface area contributed by atoms with Crippen molar-refractivity contribution in [2.24, 2.45) is 0 Å². The molecule has 3 aromatic rings. The van der Waals surface area contributed by atoms with Crippen LogP contribution in [0, 0.1) is 0 Å². The second-order valence-corrected chi connectivity index (χ2v) is 6.58. The molecule has 138 valence electrons. The normalized spacial score (nSPS) is 14.3. The molecule has 2 aromatic carbocycles. The fraction of sp³-hybridized carbons (Fsp3) is 0.227. The molecule has 1 aliphatic heterocycles. The van der Waals surface area contributed by atoms with Gasteiger partial charge in [-0.1, -0.05) is 12.1 Å². The molecule has 4 rings (SSSR count). The zero-order valence-electron chi connectivity index (χ0n) is 15.4. The Kier molecular flexibility index (Phi) is 4.83. The molecule has 27 heavy (non-hydrogen) atoms. The van der Waals surface area contributed by atoms with Crippen LogP contribution in [0.3, 0.4) is 0 Å². The van der Waals surface area contributed by atoms with Crippen molar-refractivity contribution in [3.05, 3.63) is 78.6 Å². The Morgan fingerprint density at radius 2 is 1.52 bits per heavy atom. The van der Waals surface area contributed by atoms with E-state index in [4.69, 9.17) is 4.74 Å². The van der Waals surface area contributed by atoms with Crippen LogP contribution in [-0.2, 0) is 0 Å². The van der Waals surface area contributed by atoms with Crippen LogP contribution in [0.25, 0.3) is 5.69 Å². The van der Waals surface area contributed by atoms with E-state index < -0.39 is 0 Å². The second-order valence-electron chi connectivity index (χ2n) is 6.58. The monoisotopic (exact) mass is 361 g/mol. The Hall–Kier alpha value is -3.21. The summed E-state index contributed by atoms with van der Waals surface area (Å²) in [5.74, 6) is 0.947. The summed E-state index contributed by atoms with van der Waals surface area (Å²) in [7, 11) is 1.67. The van der Waals surface area contributed by atoms with E-state index in [0.717, 1.165) is 35.8 Å². The zero-order valence-corrected chi connectivity index (χ0v) is 15.4. The Bertz CT molecular complexity index is 896. The summed E-state index contributed by atoms with van der Waals surface area (Å²) in [6.45, 7) is 3.07. The molecule has 2 heterocycles. The van der Waals surface area contributed by atoms with Gasteiger partial charge in [0.2, 0.25) is 0 Å². The quantitative estimate of drug-likeness (QED) is 0.714. The molecular weight excluding hydrogens is 338 g/mol. The van der Waals surface area contributed by atoms with Gasteiger partial charge in [0.25, 0.3) is 5.91 Å². The summed E-state index contributed by atoms with van der Waals surface area (Å²) in [6, 6.07) is 19.8. The predicted molar refractivity (Wildman–Crippen MR) is 107 cm³/mol. The molecule has 1 aliphatic rings. The van der Waals surface area contributed by atoms with Crippen molar-refractivity contribution in [2.75, 3.05) is 38.2 Å². The molecule has 0 radical (unpaired) electrons. The topological polar surface area (TPSA) is 37.7 Å². The summed E-state index contributed by atoms with van der Waals surface area (Å²) in [5.41, 5.74) is 2.83. The number of carbonyl (C=O) groups excluding carboxylic acids is 1. The summed E-state index contributed by atoms with van der Waals surface area (Å²) in [5, 5.41) is 0. The minimum absolute atomic E-state index is 0.0914. The Balaban J connectivity index is 1.46. The van der Waals surface area contributed by atoms with E-state index in [2.05, 4.69) is 17.0 Å². The summed E-state index contributed by atoms with van der Waals surface area (Å²) in [6.07, 6.45) is 3.93. The molecule has 0 N–H and O–H groups in total. The third-order valence-corrected chi connectivity index (χ3v) is 5.02. The minimum atomic E-state index is 0.0914. The highest BCUT2D eigenvalue weighted by Crippen LogP contribution is 2.22. The van der Waals surface area contributed by atoms with Gasteiger partial charge in [0.05, 0.1) is 18.4 Å². The van der Waals surface area contributed by atoms with Gasteiger partial charge >= 0.3 is 0 Å². The van der Waals surface area contributed by atoms with Gasteiger partial charge in [0.15, 0.2) is 0 Å². The van der Waals surface area contributed by atoms with Crippen molar-refractivity contribution in [3.8, 4) is 11.4 Å². The smallest absolute Gasteiger partial charge is 0.256 e. The van der Waals surface area contributed by atoms with Crippen LogP contribution >= 0.6 is 0 Å². The van der Waals surface area contributed by atoms with Crippen molar-refractivity contribution >= 4 is 11.6 Å². The van der Waals surface area contributed by atoms with Crippen molar-refractivity contribution in [1.82, 2.24) is 9.47 Å². The molecule has 0 atom stereocenters. The van der Waals surface area contributed by atoms with Crippen LogP contribution in [0.1, 0.15) is 10.4 Å². The molecule has 1 saturated heterocycles. The zero-order chi connectivity index (χ0) is 18.6. The van der Waals surface area contributed by atoms with Gasteiger partial charge in [-0.3, -0.25) is 4.79 Å². The van der Waals surface area contributed by atoms with Crippen LogP contribution in [0.5, 0.6) is 5.75 Å². The van der Waals surface area contributed by atoms with Gasteiger partial charge in [-0.15, -0.1) is 0 Å². The van der Waals surface area contributed by atoms with Crippen molar-refractivity contribution < 1.29 is 9.53 Å². The van der Waals surface area contributed by atoms with E-state index in [0.29, 0.717) is 13.1 Å². The van der Waals surface area contributed by atoms with Crippen LogP contribution in [-0.4, -0.2) is 48.7 Å². The van der Waals surface area contributed by atoms with Crippen LogP contribution in [0.4, 0.5) is 5.69 Å². The molecule has 1 amide bonds. The fourth-order valence-corrected chi connectivity index (χ4v) is 3.51. The van der Waals surface area contributed by atoms with E-state index >= 15 is 0 Å². The summed E-state index contributed by atoms with van der Waals surface area (Å²) < 4.78 is 7.21. The maximum Gasteiger partial charge on any atom is 0.256 e. The van der Waals surface area contributed by atoms with E-state index in [-0.39, 0.29) is 5.91 Å². The highest BCUT2D eigenvalue weighted by molar-refractivity contribution is 5.98. The molecule has 0 saturated carbocycles. The number of methoxy groups -OCH3 is 1. The van der Waals surface area contributed by atoms with Crippen molar-refractivity contribution in [2.45, 2.75) is 0 Å². The number of anilines is 1. The molecule has 1 fully saturated rings. The first-order valence-corrected chi connectivity index (χ1v) is 9.17. The van der Waals surface area contributed by atoms with E-state index in [1.807, 2.05) is 70.4 Å². The second kappa shape index (κ2) is 7.58. The first kappa shape index (κ1) is 17.2. The molecule has 5 nitrogen and oxygen atoms in total. The number of amides is 1. The number of aromatic nitrogens is 1. The number of hydrogen-bond donors (Lipinski definition) is 0. The Morgan fingerprint density at radius 3 is 2.19 bits per heavy atom. The van der Waals surface area contributed by atoms with Crippen LogP contribution in [0.15, 0.2) is 73.1 Å². The lowest BCUT2D eigenvalue weighted by Crippen LogP contribution is -2.49. The minimum Gasteiger partial charge on any atom is -0.497 e. The van der Waals surface area contributed by atoms with Crippen molar-refractivity contribution in [3.63, 3.8) is 0 Å². The van der Waals surface area contributed by atoms with Gasteiger partial charge in [-0.05, 0) is 48.5 Å². The summed E-state index contributed by atoms with van der Waals surface area (Å²) in [4.78, 5) is 17.4. The SMILES string of the molecule is COc1ccc(N2CCN(C(=O)c3ccccc3-n3cccc3)CC2)cc1. The highest BCUT2D eigenvalue weighted by Gasteiger charge is 2.24. The standard InChI is InChI=1S/C22H23N3O2/c1-27-19-10-8-18(9-11-19)23-14-16-25(17-15-23)22(26)20-6-2-3-7-21(20)24-12-4-5-13-24/h2-13H,14-17H2,1H3. The molecular formula is C22H23N3O2. The Morgan fingerprint density at radius 1 is 0.852 bits per heavy atom. The maximum atomic E-state index is 13.1. The molecule has 0 aliphatic carbocycles. The van der Waals surface area contributed by atoms with E-state index in [1.54, 1.807) is 7.11 Å². The Labute approximate surface area is 159 Å². The molecule has 1 aromatic heterocycles. The lowest BCUT2D eigenvalue weighted by molar-refractivity contribution is 0.0747. The van der Waals surface area contributed by atoms with Gasteiger partial charge in [-0.25, -0.2) is 0 Å². The fourth-order valence-electron chi connectivity index (χ4n) is 3.51. The third kappa shape index (κ3) is 3.53. The number of nitrogens with zero attached hydrogens (tertiary/aromatic N) is 3. The van der Waals surface area contributed by atoms with Gasteiger partial charge < -0.3 is 19.1 Å². The molecule has 5 heteroatoms. The molecule has 0 unspecified atom stereocenters.